The summed E-state index contributed by atoms with van der Waals surface area (Å²) in [6.45, 7) is 0. The summed E-state index contributed by atoms with van der Waals surface area (Å²) in [7, 11) is 0. The van der Waals surface area contributed by atoms with Crippen molar-refractivity contribution in [2.75, 3.05) is 0 Å². The lowest BCUT2D eigenvalue weighted by Gasteiger charge is -1.96. The number of hydrogen-bond donors (Lipinski definition) is 0. The van der Waals surface area contributed by atoms with Crippen LogP contribution in [0.3, 0.4) is 0 Å². The van der Waals surface area contributed by atoms with Crippen LogP contribution in [0.4, 0.5) is 13.2 Å². The van der Waals surface area contributed by atoms with Crippen molar-refractivity contribution in [3.8, 4) is 11.2 Å². The fourth-order valence-corrected chi connectivity index (χ4v) is 0.208. The zero-order chi connectivity index (χ0) is 6.62. The van der Waals surface area contributed by atoms with Gasteiger partial charge in [-0.1, -0.05) is 5.92 Å². The lowest BCUT2D eigenvalue weighted by Crippen LogP contribution is -2.04. The SMILES string of the molecule is FC(F)(F)CC#C[S]. The summed E-state index contributed by atoms with van der Waals surface area (Å²) >= 11 is 3.96. The molecule has 0 bridgehead atoms. The van der Waals surface area contributed by atoms with Crippen LogP contribution in [0.2, 0.25) is 0 Å². The van der Waals surface area contributed by atoms with Gasteiger partial charge in [-0.3, -0.25) is 0 Å². The molecular weight excluding hydrogens is 137 g/mol. The molecule has 0 N–H and O–H groups in total. The van der Waals surface area contributed by atoms with Crippen molar-refractivity contribution in [3.05, 3.63) is 0 Å². The monoisotopic (exact) mass is 139 g/mol. The van der Waals surface area contributed by atoms with E-state index in [1.54, 1.807) is 11.2 Å². The number of hydrogen-bond acceptors (Lipinski definition) is 0. The van der Waals surface area contributed by atoms with Gasteiger partial charge in [0.2, 0.25) is 0 Å². The van der Waals surface area contributed by atoms with E-state index in [2.05, 4.69) is 12.6 Å². The van der Waals surface area contributed by atoms with E-state index in [9.17, 15) is 13.2 Å². The topological polar surface area (TPSA) is 0 Å². The third-order valence-electron chi connectivity index (χ3n) is 0.361. The van der Waals surface area contributed by atoms with E-state index in [1.165, 1.54) is 0 Å². The molecule has 45 valence electrons. The van der Waals surface area contributed by atoms with E-state index in [1.807, 2.05) is 0 Å². The Kier molecular flexibility index (Phi) is 2.63. The molecular formula is C4H2F3S. The van der Waals surface area contributed by atoms with Gasteiger partial charge in [-0.15, -0.1) is 0 Å². The second-order valence-electron chi connectivity index (χ2n) is 1.07. The zero-order valence-electron chi connectivity index (χ0n) is 3.75. The average molecular weight is 139 g/mol. The van der Waals surface area contributed by atoms with Crippen LogP contribution in [0, 0.1) is 11.2 Å². The summed E-state index contributed by atoms with van der Waals surface area (Å²) < 4.78 is 33.3. The van der Waals surface area contributed by atoms with E-state index in [-0.39, 0.29) is 0 Å². The normalized spacial score (nSPS) is 9.88. The molecule has 0 atom stereocenters. The standard InChI is InChI=1S/C4H2F3S/c5-4(6,7)2-1-3-8/h2H2. The van der Waals surface area contributed by atoms with Crippen LogP contribution in [0.1, 0.15) is 6.42 Å². The molecule has 0 spiro atoms. The summed E-state index contributed by atoms with van der Waals surface area (Å²) in [5.41, 5.74) is 0. The summed E-state index contributed by atoms with van der Waals surface area (Å²) in [6.07, 6.45) is -5.29. The highest BCUT2D eigenvalue weighted by atomic mass is 32.1. The molecule has 0 aliphatic heterocycles. The molecule has 0 rings (SSSR count). The molecule has 0 heterocycles. The Morgan fingerprint density at radius 1 is 1.38 bits per heavy atom. The van der Waals surface area contributed by atoms with Crippen LogP contribution in [-0.4, -0.2) is 6.18 Å². The fraction of sp³-hybridized carbons (Fsp3) is 0.500. The molecule has 0 saturated carbocycles. The molecule has 0 nitrogen and oxygen atoms in total. The van der Waals surface area contributed by atoms with Crippen molar-refractivity contribution in [1.82, 2.24) is 0 Å². The first-order chi connectivity index (χ1) is 3.56. The predicted octanol–water partition coefficient (Wildman–Crippen LogP) is 2.10. The fourth-order valence-electron chi connectivity index (χ4n) is 0.136. The molecule has 0 amide bonds. The summed E-state index contributed by atoms with van der Waals surface area (Å²) in [5, 5.41) is 1.74. The van der Waals surface area contributed by atoms with Crippen LogP contribution in [0.25, 0.3) is 0 Å². The van der Waals surface area contributed by atoms with Gasteiger partial charge in [0.25, 0.3) is 0 Å². The summed E-state index contributed by atoms with van der Waals surface area (Å²) in [4.78, 5) is 0. The summed E-state index contributed by atoms with van der Waals surface area (Å²) in [6, 6.07) is 0. The van der Waals surface area contributed by atoms with Crippen LogP contribution < -0.4 is 0 Å². The quantitative estimate of drug-likeness (QED) is 0.451. The first-order valence-corrected chi connectivity index (χ1v) is 2.14. The molecule has 1 radical (unpaired) electrons. The molecule has 0 aromatic rings. The van der Waals surface area contributed by atoms with Crippen molar-refractivity contribution in [3.63, 3.8) is 0 Å². The lowest BCUT2D eigenvalue weighted by molar-refractivity contribution is -0.123. The number of halogens is 3. The molecule has 0 aliphatic carbocycles. The molecule has 8 heavy (non-hydrogen) atoms. The lowest BCUT2D eigenvalue weighted by atomic mass is 10.4. The highest BCUT2D eigenvalue weighted by Crippen LogP contribution is 2.17. The number of alkyl halides is 3. The molecule has 0 aromatic carbocycles. The van der Waals surface area contributed by atoms with Crippen molar-refractivity contribution >= 4 is 12.6 Å². The molecule has 0 fully saturated rings. The van der Waals surface area contributed by atoms with Gasteiger partial charge in [0.05, 0.1) is 0 Å². The maximum atomic E-state index is 11.1. The second-order valence-corrected chi connectivity index (χ2v) is 1.27. The van der Waals surface area contributed by atoms with E-state index in [0.29, 0.717) is 0 Å². The van der Waals surface area contributed by atoms with E-state index < -0.39 is 12.6 Å². The largest absolute Gasteiger partial charge is 0.399 e. The molecule has 0 unspecified atom stereocenters. The van der Waals surface area contributed by atoms with E-state index in [0.717, 1.165) is 0 Å². The minimum Gasteiger partial charge on any atom is -0.170 e. The molecule has 0 saturated heterocycles. The highest BCUT2D eigenvalue weighted by Gasteiger charge is 2.24. The predicted molar refractivity (Wildman–Crippen MR) is 26.0 cm³/mol. The van der Waals surface area contributed by atoms with Gasteiger partial charge in [-0.05, 0) is 12.6 Å². The van der Waals surface area contributed by atoms with Crippen molar-refractivity contribution < 1.29 is 13.2 Å². The first-order valence-electron chi connectivity index (χ1n) is 1.73. The number of rotatable bonds is 0. The minimum atomic E-state index is -4.19. The Balaban J connectivity index is 3.50. The second kappa shape index (κ2) is 2.78. The minimum absolute atomic E-state index is 1.10. The first kappa shape index (κ1) is 7.57. The molecule has 0 aliphatic rings. The van der Waals surface area contributed by atoms with Crippen molar-refractivity contribution in [2.24, 2.45) is 0 Å². The zero-order valence-corrected chi connectivity index (χ0v) is 4.57. The van der Waals surface area contributed by atoms with Crippen LogP contribution in [0.5, 0.6) is 0 Å². The van der Waals surface area contributed by atoms with Gasteiger partial charge < -0.3 is 0 Å². The smallest absolute Gasteiger partial charge is 0.170 e. The van der Waals surface area contributed by atoms with Crippen molar-refractivity contribution in [1.29, 1.82) is 0 Å². The Bertz CT molecular complexity index is 115. The molecule has 4 heteroatoms. The Morgan fingerprint density at radius 2 is 1.88 bits per heavy atom. The van der Waals surface area contributed by atoms with Gasteiger partial charge in [-0.2, -0.15) is 13.2 Å². The van der Waals surface area contributed by atoms with Crippen LogP contribution in [0.15, 0.2) is 0 Å². The van der Waals surface area contributed by atoms with Crippen LogP contribution >= 0.6 is 12.6 Å². The van der Waals surface area contributed by atoms with Gasteiger partial charge in [0.1, 0.15) is 6.42 Å². The maximum Gasteiger partial charge on any atom is 0.399 e. The Labute approximate surface area is 50.5 Å². The third kappa shape index (κ3) is 5.57. The van der Waals surface area contributed by atoms with E-state index >= 15 is 0 Å². The highest BCUT2D eigenvalue weighted by molar-refractivity contribution is 7.85. The van der Waals surface area contributed by atoms with Gasteiger partial charge >= 0.3 is 6.18 Å². The van der Waals surface area contributed by atoms with Gasteiger partial charge in [0, 0.05) is 5.25 Å². The van der Waals surface area contributed by atoms with Crippen LogP contribution in [-0.2, 0) is 0 Å². The maximum absolute atomic E-state index is 11.1. The van der Waals surface area contributed by atoms with Gasteiger partial charge in [0.15, 0.2) is 0 Å². The Morgan fingerprint density at radius 3 is 2.00 bits per heavy atom. The summed E-state index contributed by atoms with van der Waals surface area (Å²) in [5.74, 6) is 1.73. The molecule has 0 aromatic heterocycles. The van der Waals surface area contributed by atoms with Crippen molar-refractivity contribution in [2.45, 2.75) is 12.6 Å². The van der Waals surface area contributed by atoms with Gasteiger partial charge in [-0.25, -0.2) is 0 Å². The average Bonchev–Trinajstić information content (AvgIpc) is 1.59. The third-order valence-corrected chi connectivity index (χ3v) is 0.505. The van der Waals surface area contributed by atoms with E-state index in [4.69, 9.17) is 0 Å². The Hall–Kier alpha value is -0.430.